The van der Waals surface area contributed by atoms with Crippen molar-refractivity contribution >= 4 is 11.5 Å². The third-order valence-electron chi connectivity index (χ3n) is 3.53. The number of Topliss-reactive ketones (excluding diaryl/α,β-unsaturated/α-hetero) is 1. The van der Waals surface area contributed by atoms with Crippen LogP contribution < -0.4 is 16.0 Å². The van der Waals surface area contributed by atoms with Crippen molar-refractivity contribution in [1.82, 2.24) is 9.55 Å². The minimum atomic E-state index is -0.668. The van der Waals surface area contributed by atoms with Gasteiger partial charge in [-0.05, 0) is 45.0 Å². The molecule has 0 radical (unpaired) electrons. The second kappa shape index (κ2) is 8.28. The number of aromatic nitrogens is 2. The maximum Gasteiger partial charge on any atom is 0.328 e. The molecular weight excluding hydrogens is 338 g/mol. The standard InChI is InChI=1S/C18H21N3O5/c1-11(2)26-20-12(3)15-9-21(18(24)19-17(15)23)10-16(22)13-5-7-14(25-4)8-6-13/h5-9,11H,10H2,1-4H3,(H,19,23,24)/b20-12+. The molecule has 2 rings (SSSR count). The van der Waals surface area contributed by atoms with Gasteiger partial charge in [0.25, 0.3) is 5.56 Å². The van der Waals surface area contributed by atoms with Gasteiger partial charge in [0.1, 0.15) is 11.9 Å². The number of ether oxygens (including phenoxy) is 1. The zero-order chi connectivity index (χ0) is 19.3. The van der Waals surface area contributed by atoms with Crippen LogP contribution in [0.1, 0.15) is 36.7 Å². The van der Waals surface area contributed by atoms with Crippen molar-refractivity contribution in [1.29, 1.82) is 0 Å². The zero-order valence-corrected chi connectivity index (χ0v) is 15.1. The molecule has 0 spiro atoms. The number of ketones is 1. The molecule has 0 saturated carbocycles. The monoisotopic (exact) mass is 359 g/mol. The fraction of sp³-hybridized carbons (Fsp3) is 0.333. The van der Waals surface area contributed by atoms with Crippen LogP contribution in [-0.2, 0) is 11.4 Å². The molecule has 138 valence electrons. The smallest absolute Gasteiger partial charge is 0.328 e. The van der Waals surface area contributed by atoms with Crippen LogP contribution in [0.15, 0.2) is 45.2 Å². The fourth-order valence-corrected chi connectivity index (χ4v) is 2.14. The average Bonchev–Trinajstić information content (AvgIpc) is 2.61. The summed E-state index contributed by atoms with van der Waals surface area (Å²) < 4.78 is 6.19. The van der Waals surface area contributed by atoms with Crippen LogP contribution in [0.2, 0.25) is 0 Å². The predicted molar refractivity (Wildman–Crippen MR) is 97.1 cm³/mol. The molecule has 0 atom stereocenters. The van der Waals surface area contributed by atoms with Gasteiger partial charge in [-0.25, -0.2) is 4.79 Å². The molecule has 1 heterocycles. The van der Waals surface area contributed by atoms with Gasteiger partial charge in [0, 0.05) is 11.8 Å². The lowest BCUT2D eigenvalue weighted by Crippen LogP contribution is -2.34. The van der Waals surface area contributed by atoms with Crippen LogP contribution >= 0.6 is 0 Å². The van der Waals surface area contributed by atoms with E-state index in [-0.39, 0.29) is 24.0 Å². The summed E-state index contributed by atoms with van der Waals surface area (Å²) in [5, 5.41) is 3.86. The molecule has 1 aromatic heterocycles. The fourth-order valence-electron chi connectivity index (χ4n) is 2.14. The molecule has 0 aliphatic carbocycles. The van der Waals surface area contributed by atoms with Crippen LogP contribution in [0.3, 0.4) is 0 Å². The van der Waals surface area contributed by atoms with E-state index < -0.39 is 11.2 Å². The molecule has 26 heavy (non-hydrogen) atoms. The maximum absolute atomic E-state index is 12.4. The predicted octanol–water partition coefficient (Wildman–Crippen LogP) is 1.58. The third-order valence-corrected chi connectivity index (χ3v) is 3.53. The summed E-state index contributed by atoms with van der Waals surface area (Å²) in [7, 11) is 1.53. The van der Waals surface area contributed by atoms with Gasteiger partial charge in [-0.1, -0.05) is 5.16 Å². The Hall–Kier alpha value is -3.16. The van der Waals surface area contributed by atoms with Gasteiger partial charge in [0.05, 0.1) is 24.9 Å². The third kappa shape index (κ3) is 4.69. The first-order valence-corrected chi connectivity index (χ1v) is 8.03. The van der Waals surface area contributed by atoms with Gasteiger partial charge in [0.15, 0.2) is 5.78 Å². The lowest BCUT2D eigenvalue weighted by atomic mass is 10.1. The first-order chi connectivity index (χ1) is 12.3. The number of oxime groups is 1. The number of rotatable bonds is 7. The van der Waals surface area contributed by atoms with E-state index in [9.17, 15) is 14.4 Å². The minimum absolute atomic E-state index is 0.147. The summed E-state index contributed by atoms with van der Waals surface area (Å²) in [6, 6.07) is 6.55. The van der Waals surface area contributed by atoms with E-state index in [4.69, 9.17) is 9.57 Å². The van der Waals surface area contributed by atoms with Gasteiger partial charge >= 0.3 is 5.69 Å². The van der Waals surface area contributed by atoms with Crippen LogP contribution in [0, 0.1) is 0 Å². The SMILES string of the molecule is COc1ccc(C(=O)Cn2cc(/C(C)=N/OC(C)C)c(=O)[nH]c2=O)cc1. The summed E-state index contributed by atoms with van der Waals surface area (Å²) in [6.07, 6.45) is 1.16. The average molecular weight is 359 g/mol. The highest BCUT2D eigenvalue weighted by Crippen LogP contribution is 2.12. The number of aromatic amines is 1. The van der Waals surface area contributed by atoms with Gasteiger partial charge in [-0.15, -0.1) is 0 Å². The molecule has 8 nitrogen and oxygen atoms in total. The lowest BCUT2D eigenvalue weighted by molar-refractivity contribution is 0.0860. The van der Waals surface area contributed by atoms with Crippen molar-refractivity contribution in [3.63, 3.8) is 0 Å². The van der Waals surface area contributed by atoms with Crippen LogP contribution in [0.5, 0.6) is 5.75 Å². The summed E-state index contributed by atoms with van der Waals surface area (Å²) in [5.41, 5.74) is -0.354. The van der Waals surface area contributed by atoms with Crippen molar-refractivity contribution in [2.45, 2.75) is 33.4 Å². The van der Waals surface area contributed by atoms with E-state index in [0.29, 0.717) is 17.0 Å². The molecule has 0 aliphatic rings. The molecule has 0 amide bonds. The van der Waals surface area contributed by atoms with Gasteiger partial charge in [0.2, 0.25) is 0 Å². The molecule has 0 saturated heterocycles. The van der Waals surface area contributed by atoms with E-state index in [1.165, 1.54) is 13.3 Å². The number of carbonyl (C=O) groups is 1. The van der Waals surface area contributed by atoms with Crippen molar-refractivity contribution in [2.75, 3.05) is 7.11 Å². The molecule has 2 aromatic rings. The van der Waals surface area contributed by atoms with Gasteiger partial charge in [-0.3, -0.25) is 19.1 Å². The molecule has 0 unspecified atom stereocenters. The Morgan fingerprint density at radius 2 is 1.88 bits per heavy atom. The van der Waals surface area contributed by atoms with Crippen molar-refractivity contribution in [2.24, 2.45) is 5.16 Å². The Balaban J connectivity index is 2.30. The Morgan fingerprint density at radius 3 is 2.46 bits per heavy atom. The van der Waals surface area contributed by atoms with Gasteiger partial charge < -0.3 is 9.57 Å². The normalized spacial score (nSPS) is 11.5. The van der Waals surface area contributed by atoms with Crippen molar-refractivity contribution in [3.8, 4) is 5.75 Å². The molecule has 1 aromatic carbocycles. The lowest BCUT2D eigenvalue weighted by Gasteiger charge is -2.08. The summed E-state index contributed by atoms with van der Waals surface area (Å²) >= 11 is 0. The van der Waals surface area contributed by atoms with Crippen LogP contribution in [0.25, 0.3) is 0 Å². The number of H-pyrrole nitrogens is 1. The molecule has 0 aliphatic heterocycles. The molecular formula is C18H21N3O5. The highest BCUT2D eigenvalue weighted by atomic mass is 16.6. The Bertz CT molecular complexity index is 923. The first-order valence-electron chi connectivity index (χ1n) is 8.03. The maximum atomic E-state index is 12.4. The van der Waals surface area contributed by atoms with Crippen LogP contribution in [-0.4, -0.2) is 34.3 Å². The second-order valence-electron chi connectivity index (χ2n) is 5.91. The first kappa shape index (κ1) is 19.2. The number of nitrogens with one attached hydrogen (secondary N) is 1. The van der Waals surface area contributed by atoms with E-state index >= 15 is 0 Å². The highest BCUT2D eigenvalue weighted by molar-refractivity contribution is 5.98. The Labute approximate surface area is 150 Å². The Kier molecular flexibility index (Phi) is 6.11. The largest absolute Gasteiger partial charge is 0.497 e. The van der Waals surface area contributed by atoms with Crippen molar-refractivity contribution < 1.29 is 14.4 Å². The van der Waals surface area contributed by atoms with E-state index in [1.807, 2.05) is 0 Å². The number of hydrogen-bond acceptors (Lipinski definition) is 6. The van der Waals surface area contributed by atoms with Crippen molar-refractivity contribution in [3.05, 3.63) is 62.4 Å². The number of hydrogen-bond donors (Lipinski definition) is 1. The summed E-state index contributed by atoms with van der Waals surface area (Å²) in [4.78, 5) is 43.7. The Morgan fingerprint density at radius 1 is 1.23 bits per heavy atom. The van der Waals surface area contributed by atoms with Crippen LogP contribution in [0.4, 0.5) is 0 Å². The summed E-state index contributed by atoms with van der Waals surface area (Å²) in [6.45, 7) is 4.98. The molecule has 1 N–H and O–H groups in total. The topological polar surface area (TPSA) is 103 Å². The minimum Gasteiger partial charge on any atom is -0.497 e. The second-order valence-corrected chi connectivity index (χ2v) is 5.91. The van der Waals surface area contributed by atoms with E-state index in [1.54, 1.807) is 45.0 Å². The van der Waals surface area contributed by atoms with Gasteiger partial charge in [-0.2, -0.15) is 0 Å². The number of methoxy groups -OCH3 is 1. The number of nitrogens with zero attached hydrogens (tertiary/aromatic N) is 2. The quantitative estimate of drug-likeness (QED) is 0.459. The number of benzene rings is 1. The highest BCUT2D eigenvalue weighted by Gasteiger charge is 2.13. The molecule has 0 fully saturated rings. The van der Waals surface area contributed by atoms with E-state index in [2.05, 4.69) is 10.1 Å². The molecule has 8 heteroatoms. The number of carbonyl (C=O) groups excluding carboxylic acids is 1. The zero-order valence-electron chi connectivity index (χ0n) is 15.1. The molecule has 0 bridgehead atoms. The summed E-state index contributed by atoms with van der Waals surface area (Å²) in [5.74, 6) is 0.350. The van der Waals surface area contributed by atoms with E-state index in [0.717, 1.165) is 4.57 Å².